The van der Waals surface area contributed by atoms with Crippen LogP contribution in [0, 0.1) is 0 Å². The Hall–Kier alpha value is -2.70. The summed E-state index contributed by atoms with van der Waals surface area (Å²) in [5, 5.41) is 23.8. The van der Waals surface area contributed by atoms with Crippen molar-refractivity contribution in [3.05, 3.63) is 72.9 Å². The van der Waals surface area contributed by atoms with Crippen LogP contribution in [0.15, 0.2) is 72.9 Å². The van der Waals surface area contributed by atoms with Gasteiger partial charge in [0.25, 0.3) is 0 Å². The molecular formula is C56H99NO5. The van der Waals surface area contributed by atoms with Crippen LogP contribution in [0.25, 0.3) is 0 Å². The van der Waals surface area contributed by atoms with E-state index in [1.165, 1.54) is 89.9 Å². The van der Waals surface area contributed by atoms with Crippen molar-refractivity contribution >= 4 is 11.9 Å². The smallest absolute Gasteiger partial charge is 0.306 e. The first-order chi connectivity index (χ1) is 30.5. The minimum absolute atomic E-state index is 0.0528. The Labute approximate surface area is 383 Å². The zero-order valence-electron chi connectivity index (χ0n) is 40.7. The number of rotatable bonds is 46. The molecule has 0 aromatic rings. The highest BCUT2D eigenvalue weighted by Gasteiger charge is 2.24. The number of aliphatic hydroxyl groups excluding tert-OH is 2. The summed E-state index contributed by atoms with van der Waals surface area (Å²) in [5.41, 5.74) is 0. The van der Waals surface area contributed by atoms with Crippen LogP contribution >= 0.6 is 0 Å². The lowest BCUT2D eigenvalue weighted by atomic mass is 10.0. The molecule has 3 atom stereocenters. The van der Waals surface area contributed by atoms with E-state index >= 15 is 0 Å². The van der Waals surface area contributed by atoms with E-state index in [0.29, 0.717) is 19.3 Å². The summed E-state index contributed by atoms with van der Waals surface area (Å²) < 4.78 is 5.92. The summed E-state index contributed by atoms with van der Waals surface area (Å²) in [6.45, 7) is 6.33. The molecule has 358 valence electrons. The van der Waals surface area contributed by atoms with Crippen molar-refractivity contribution < 1.29 is 24.5 Å². The Morgan fingerprint density at radius 2 is 0.871 bits per heavy atom. The monoisotopic (exact) mass is 866 g/mol. The number of hydrogen-bond acceptors (Lipinski definition) is 5. The Balaban J connectivity index is 4.68. The molecule has 0 aliphatic rings. The molecule has 6 heteroatoms. The van der Waals surface area contributed by atoms with Gasteiger partial charge >= 0.3 is 5.97 Å². The maximum atomic E-state index is 13.2. The molecule has 3 N–H and O–H groups in total. The predicted molar refractivity (Wildman–Crippen MR) is 268 cm³/mol. The van der Waals surface area contributed by atoms with Crippen LogP contribution in [-0.4, -0.2) is 46.9 Å². The van der Waals surface area contributed by atoms with E-state index in [1.54, 1.807) is 0 Å². The van der Waals surface area contributed by atoms with E-state index in [0.717, 1.165) is 109 Å². The number of amides is 1. The number of hydrogen-bond donors (Lipinski definition) is 3. The van der Waals surface area contributed by atoms with Gasteiger partial charge in [0.1, 0.15) is 6.10 Å². The summed E-state index contributed by atoms with van der Waals surface area (Å²) in [7, 11) is 0. The summed E-state index contributed by atoms with van der Waals surface area (Å²) in [4.78, 5) is 26.2. The van der Waals surface area contributed by atoms with Crippen molar-refractivity contribution in [3.63, 3.8) is 0 Å². The van der Waals surface area contributed by atoms with Crippen molar-refractivity contribution in [1.29, 1.82) is 0 Å². The van der Waals surface area contributed by atoms with Gasteiger partial charge < -0.3 is 20.3 Å². The van der Waals surface area contributed by atoms with Crippen LogP contribution in [0.3, 0.4) is 0 Å². The Bertz CT molecular complexity index is 1150. The molecule has 3 unspecified atom stereocenters. The predicted octanol–water partition coefficient (Wildman–Crippen LogP) is 15.8. The number of esters is 1. The third-order valence-corrected chi connectivity index (χ3v) is 11.5. The minimum Gasteiger partial charge on any atom is -0.462 e. The van der Waals surface area contributed by atoms with E-state index in [-0.39, 0.29) is 24.9 Å². The molecule has 1 amide bonds. The second-order valence-corrected chi connectivity index (χ2v) is 17.5. The second kappa shape index (κ2) is 49.3. The molecule has 62 heavy (non-hydrogen) atoms. The van der Waals surface area contributed by atoms with Gasteiger partial charge in [0.05, 0.1) is 25.2 Å². The molecule has 0 rings (SSSR count). The largest absolute Gasteiger partial charge is 0.462 e. The van der Waals surface area contributed by atoms with Crippen molar-refractivity contribution in [3.8, 4) is 0 Å². The summed E-state index contributed by atoms with van der Waals surface area (Å²) >= 11 is 0. The molecular weight excluding hydrogens is 767 g/mol. The molecule has 6 nitrogen and oxygen atoms in total. The lowest BCUT2D eigenvalue weighted by Crippen LogP contribution is -2.46. The third kappa shape index (κ3) is 43.9. The van der Waals surface area contributed by atoms with Crippen LogP contribution in [0.2, 0.25) is 0 Å². The number of allylic oxidation sites excluding steroid dienone is 12. The first-order valence-corrected chi connectivity index (χ1v) is 26.2. The first kappa shape index (κ1) is 59.3. The summed E-state index contributed by atoms with van der Waals surface area (Å²) in [6.07, 6.45) is 62.4. The molecule has 0 fully saturated rings. The van der Waals surface area contributed by atoms with E-state index in [9.17, 15) is 19.8 Å². The highest BCUT2D eigenvalue weighted by Crippen LogP contribution is 2.17. The Kier molecular flexibility index (Phi) is 47.2. The van der Waals surface area contributed by atoms with Gasteiger partial charge in [0.15, 0.2) is 0 Å². The second-order valence-electron chi connectivity index (χ2n) is 17.5. The molecule has 0 radical (unpaired) electrons. The van der Waals surface area contributed by atoms with E-state index < -0.39 is 18.2 Å². The normalized spacial score (nSPS) is 13.8. The maximum Gasteiger partial charge on any atom is 0.306 e. The molecule has 0 saturated heterocycles. The Morgan fingerprint density at radius 1 is 0.484 bits per heavy atom. The number of nitrogens with one attached hydrogen (secondary N) is 1. The third-order valence-electron chi connectivity index (χ3n) is 11.5. The SMILES string of the molecule is CC/C=C/C/C=C/C/C=C/C/C=C/CCCCCC(=O)OC(CCCCCCC/C=C\C/C=C\CCCCC)CC(=O)NC(CO)C(O)CCCCCCCCCCCCCC. The number of carbonyl (C=O) groups is 2. The molecule has 0 heterocycles. The van der Waals surface area contributed by atoms with Gasteiger partial charge in [-0.25, -0.2) is 0 Å². The van der Waals surface area contributed by atoms with Gasteiger partial charge in [-0.1, -0.05) is 209 Å². The van der Waals surface area contributed by atoms with Gasteiger partial charge in [0, 0.05) is 6.42 Å². The summed E-state index contributed by atoms with van der Waals surface area (Å²) in [6, 6.07) is -0.715. The maximum absolute atomic E-state index is 13.2. The van der Waals surface area contributed by atoms with Crippen molar-refractivity contribution in [2.75, 3.05) is 6.61 Å². The van der Waals surface area contributed by atoms with Crippen LogP contribution in [-0.2, 0) is 14.3 Å². The van der Waals surface area contributed by atoms with Gasteiger partial charge in [0.2, 0.25) is 5.91 Å². The molecule has 0 spiro atoms. The number of ether oxygens (including phenoxy) is 1. The molecule has 0 aromatic carbocycles. The number of aliphatic hydroxyl groups is 2. The molecule has 0 saturated carbocycles. The van der Waals surface area contributed by atoms with Crippen LogP contribution in [0.5, 0.6) is 0 Å². The molecule has 0 aliphatic carbocycles. The molecule has 0 aromatic heterocycles. The minimum atomic E-state index is -0.799. The number of carbonyl (C=O) groups excluding carboxylic acids is 2. The van der Waals surface area contributed by atoms with Crippen LogP contribution in [0.1, 0.15) is 245 Å². The fourth-order valence-electron chi connectivity index (χ4n) is 7.57. The average Bonchev–Trinajstić information content (AvgIpc) is 3.26. The van der Waals surface area contributed by atoms with E-state index in [1.807, 2.05) is 0 Å². The van der Waals surface area contributed by atoms with Crippen LogP contribution in [0.4, 0.5) is 0 Å². The van der Waals surface area contributed by atoms with Gasteiger partial charge in [-0.3, -0.25) is 9.59 Å². The lowest BCUT2D eigenvalue weighted by Gasteiger charge is -2.24. The zero-order valence-corrected chi connectivity index (χ0v) is 40.7. The van der Waals surface area contributed by atoms with Crippen LogP contribution < -0.4 is 5.32 Å². The highest BCUT2D eigenvalue weighted by molar-refractivity contribution is 5.77. The topological polar surface area (TPSA) is 95.9 Å². The standard InChI is InChI=1S/C56H99NO5/c1-4-7-10-13-16-19-22-25-27-29-31-34-37-40-43-46-49-56(61)62-52(47-44-41-38-35-32-30-28-26-23-20-17-14-11-8-5-2)50-55(60)57-53(51-58)54(59)48-45-42-39-36-33-24-21-18-15-12-9-6-3/h7,10,16-17,19-20,25-28,31,34,52-54,58-59H,4-6,8-9,11-15,18,21-24,29-30,32-33,35-51H2,1-3H3,(H,57,60)/b10-7+,19-16+,20-17-,27-25+,28-26-,34-31+. The fourth-order valence-corrected chi connectivity index (χ4v) is 7.57. The number of unbranched alkanes of at least 4 members (excludes halogenated alkanes) is 22. The summed E-state index contributed by atoms with van der Waals surface area (Å²) in [5.74, 6) is -0.525. The lowest BCUT2D eigenvalue weighted by molar-refractivity contribution is -0.151. The highest BCUT2D eigenvalue weighted by atomic mass is 16.5. The quantitative estimate of drug-likeness (QED) is 0.0322. The van der Waals surface area contributed by atoms with E-state index in [2.05, 4.69) is 99.0 Å². The zero-order chi connectivity index (χ0) is 45.2. The fraction of sp³-hybridized carbons (Fsp3) is 0.750. The van der Waals surface area contributed by atoms with Gasteiger partial charge in [-0.15, -0.1) is 0 Å². The van der Waals surface area contributed by atoms with E-state index in [4.69, 9.17) is 4.74 Å². The average molecular weight is 866 g/mol. The molecule has 0 bridgehead atoms. The van der Waals surface area contributed by atoms with Gasteiger partial charge in [-0.2, -0.15) is 0 Å². The van der Waals surface area contributed by atoms with Crippen molar-refractivity contribution in [2.45, 2.75) is 264 Å². The van der Waals surface area contributed by atoms with Crippen molar-refractivity contribution in [2.24, 2.45) is 0 Å². The molecule has 0 aliphatic heterocycles. The first-order valence-electron chi connectivity index (χ1n) is 26.2. The van der Waals surface area contributed by atoms with Gasteiger partial charge in [-0.05, 0) is 96.3 Å². The van der Waals surface area contributed by atoms with Crippen molar-refractivity contribution in [1.82, 2.24) is 5.32 Å². The Morgan fingerprint density at radius 3 is 1.35 bits per heavy atom.